The molecular formula is C21H42. The monoisotopic (exact) mass is 294 g/mol. The highest BCUT2D eigenvalue weighted by atomic mass is 14.4. The number of rotatable bonds is 12. The minimum absolute atomic E-state index is 0.397. The Morgan fingerprint density at radius 1 is 0.952 bits per heavy atom. The first-order valence-corrected chi connectivity index (χ1v) is 9.40. The van der Waals surface area contributed by atoms with Crippen LogP contribution in [0.15, 0.2) is 12.2 Å². The van der Waals surface area contributed by atoms with E-state index < -0.39 is 0 Å². The molecule has 126 valence electrons. The van der Waals surface area contributed by atoms with Gasteiger partial charge in [0.05, 0.1) is 0 Å². The second-order valence-electron chi connectivity index (χ2n) is 8.47. The molecule has 0 aromatic rings. The van der Waals surface area contributed by atoms with E-state index in [9.17, 15) is 0 Å². The zero-order valence-corrected chi connectivity index (χ0v) is 16.1. The van der Waals surface area contributed by atoms with E-state index in [1.54, 1.807) is 0 Å². The third-order valence-electron chi connectivity index (χ3n) is 4.90. The van der Waals surface area contributed by atoms with Gasteiger partial charge in [0.15, 0.2) is 0 Å². The largest absolute Gasteiger partial charge is 0.0996 e. The number of allylic oxidation sites excluding steroid dienone is 1. The van der Waals surface area contributed by atoms with Gasteiger partial charge < -0.3 is 0 Å². The van der Waals surface area contributed by atoms with Crippen LogP contribution in [0.2, 0.25) is 0 Å². The summed E-state index contributed by atoms with van der Waals surface area (Å²) in [5.41, 5.74) is 1.90. The van der Waals surface area contributed by atoms with Crippen molar-refractivity contribution in [3.63, 3.8) is 0 Å². The maximum absolute atomic E-state index is 4.47. The lowest BCUT2D eigenvalue weighted by Gasteiger charge is -2.39. The predicted molar refractivity (Wildman–Crippen MR) is 98.7 cm³/mol. The molecule has 0 rings (SSSR count). The van der Waals surface area contributed by atoms with Crippen molar-refractivity contribution in [2.75, 3.05) is 0 Å². The van der Waals surface area contributed by atoms with Gasteiger partial charge in [-0.05, 0) is 42.4 Å². The number of hydrogen-bond acceptors (Lipinski definition) is 0. The first kappa shape index (κ1) is 20.7. The Kier molecular flexibility index (Phi) is 10.3. The fourth-order valence-corrected chi connectivity index (χ4v) is 3.97. The van der Waals surface area contributed by atoms with Gasteiger partial charge in [-0.15, -0.1) is 0 Å². The van der Waals surface area contributed by atoms with Crippen molar-refractivity contribution >= 4 is 0 Å². The van der Waals surface area contributed by atoms with Crippen LogP contribution in [0.4, 0.5) is 0 Å². The molecule has 0 heterocycles. The third-order valence-corrected chi connectivity index (χ3v) is 4.90. The van der Waals surface area contributed by atoms with Gasteiger partial charge >= 0.3 is 0 Å². The quantitative estimate of drug-likeness (QED) is 0.256. The van der Waals surface area contributed by atoms with Gasteiger partial charge in [-0.1, -0.05) is 92.7 Å². The molecule has 0 aliphatic carbocycles. The molecule has 0 saturated carbocycles. The van der Waals surface area contributed by atoms with Gasteiger partial charge in [0.25, 0.3) is 0 Å². The van der Waals surface area contributed by atoms with Gasteiger partial charge in [-0.2, -0.15) is 0 Å². The lowest BCUT2D eigenvalue weighted by Crippen LogP contribution is -2.30. The molecule has 1 unspecified atom stereocenters. The molecule has 0 aromatic heterocycles. The zero-order valence-electron chi connectivity index (χ0n) is 16.1. The van der Waals surface area contributed by atoms with Gasteiger partial charge in [-0.25, -0.2) is 0 Å². The van der Waals surface area contributed by atoms with E-state index in [0.717, 1.165) is 5.92 Å². The van der Waals surface area contributed by atoms with E-state index in [1.165, 1.54) is 56.9 Å². The van der Waals surface area contributed by atoms with Crippen LogP contribution in [0.1, 0.15) is 99.8 Å². The molecule has 21 heavy (non-hydrogen) atoms. The molecule has 0 radical (unpaired) electrons. The van der Waals surface area contributed by atoms with Crippen molar-refractivity contribution < 1.29 is 0 Å². The average Bonchev–Trinajstić information content (AvgIpc) is 2.34. The van der Waals surface area contributed by atoms with Crippen LogP contribution in [-0.2, 0) is 0 Å². The molecular weight excluding hydrogens is 252 g/mol. The second kappa shape index (κ2) is 10.5. The van der Waals surface area contributed by atoms with Crippen LogP contribution in [0.5, 0.6) is 0 Å². The SMILES string of the molecule is C=C(CCCCC)C(C(C)C)C(C)(C)CCCCC(C)C. The molecule has 0 nitrogen and oxygen atoms in total. The van der Waals surface area contributed by atoms with E-state index in [2.05, 4.69) is 55.0 Å². The highest BCUT2D eigenvalue weighted by Crippen LogP contribution is 2.42. The summed E-state index contributed by atoms with van der Waals surface area (Å²) in [7, 11) is 0. The third kappa shape index (κ3) is 8.69. The van der Waals surface area contributed by atoms with Crippen LogP contribution in [0, 0.1) is 23.2 Å². The van der Waals surface area contributed by atoms with Crippen molar-refractivity contribution in [1.82, 2.24) is 0 Å². The van der Waals surface area contributed by atoms with Crippen molar-refractivity contribution in [1.29, 1.82) is 0 Å². The van der Waals surface area contributed by atoms with Gasteiger partial charge in [0.2, 0.25) is 0 Å². The Labute approximate surface area is 135 Å². The Balaban J connectivity index is 4.49. The molecule has 0 bridgehead atoms. The van der Waals surface area contributed by atoms with Gasteiger partial charge in [0.1, 0.15) is 0 Å². The van der Waals surface area contributed by atoms with Gasteiger partial charge in [-0.3, -0.25) is 0 Å². The molecule has 0 spiro atoms. The summed E-state index contributed by atoms with van der Waals surface area (Å²) in [4.78, 5) is 0. The maximum atomic E-state index is 4.47. The summed E-state index contributed by atoms with van der Waals surface area (Å²) in [6.07, 6.45) is 10.7. The van der Waals surface area contributed by atoms with Crippen LogP contribution < -0.4 is 0 Å². The van der Waals surface area contributed by atoms with E-state index >= 15 is 0 Å². The summed E-state index contributed by atoms with van der Waals surface area (Å²) >= 11 is 0. The van der Waals surface area contributed by atoms with Crippen LogP contribution in [0.3, 0.4) is 0 Å². The first-order chi connectivity index (χ1) is 9.72. The zero-order chi connectivity index (χ0) is 16.5. The fourth-order valence-electron chi connectivity index (χ4n) is 3.97. The van der Waals surface area contributed by atoms with Crippen LogP contribution in [0.25, 0.3) is 0 Å². The molecule has 0 amide bonds. The molecule has 0 N–H and O–H groups in total. The Morgan fingerprint density at radius 3 is 2.05 bits per heavy atom. The topological polar surface area (TPSA) is 0 Å². The predicted octanol–water partition coefficient (Wildman–Crippen LogP) is 7.64. The minimum Gasteiger partial charge on any atom is -0.0996 e. The summed E-state index contributed by atoms with van der Waals surface area (Å²) in [5.74, 6) is 2.23. The van der Waals surface area contributed by atoms with Crippen molar-refractivity contribution in [2.24, 2.45) is 23.2 Å². The summed E-state index contributed by atoms with van der Waals surface area (Å²) in [5, 5.41) is 0. The second-order valence-corrected chi connectivity index (χ2v) is 8.47. The first-order valence-electron chi connectivity index (χ1n) is 9.40. The Hall–Kier alpha value is -0.260. The molecule has 0 fully saturated rings. The highest BCUT2D eigenvalue weighted by Gasteiger charge is 2.32. The molecule has 0 heteroatoms. The van der Waals surface area contributed by atoms with Crippen LogP contribution in [-0.4, -0.2) is 0 Å². The van der Waals surface area contributed by atoms with Gasteiger partial charge in [0, 0.05) is 0 Å². The Bertz CT molecular complexity index is 270. The normalized spacial score (nSPS) is 14.0. The van der Waals surface area contributed by atoms with Crippen LogP contribution >= 0.6 is 0 Å². The lowest BCUT2D eigenvalue weighted by atomic mass is 9.66. The van der Waals surface area contributed by atoms with Crippen molar-refractivity contribution in [3.05, 3.63) is 12.2 Å². The lowest BCUT2D eigenvalue weighted by molar-refractivity contribution is 0.167. The van der Waals surface area contributed by atoms with E-state index in [1.807, 2.05) is 0 Å². The minimum atomic E-state index is 0.397. The van der Waals surface area contributed by atoms with E-state index in [0.29, 0.717) is 17.3 Å². The summed E-state index contributed by atoms with van der Waals surface area (Å²) in [6, 6.07) is 0. The molecule has 0 saturated heterocycles. The average molecular weight is 295 g/mol. The van der Waals surface area contributed by atoms with Crippen molar-refractivity contribution in [3.8, 4) is 0 Å². The standard InChI is InChI=1S/C21H42/c1-9-10-11-15-19(6)20(18(4)5)21(7,8)16-13-12-14-17(2)3/h17-18,20H,6,9-16H2,1-5,7-8H3. The maximum Gasteiger partial charge on any atom is -0.0131 e. The molecule has 0 aliphatic heterocycles. The fraction of sp³-hybridized carbons (Fsp3) is 0.905. The summed E-state index contributed by atoms with van der Waals surface area (Å²) in [6.45, 7) is 21.1. The molecule has 0 aromatic carbocycles. The Morgan fingerprint density at radius 2 is 1.57 bits per heavy atom. The smallest absolute Gasteiger partial charge is 0.0131 e. The van der Waals surface area contributed by atoms with E-state index in [4.69, 9.17) is 0 Å². The molecule has 1 atom stereocenters. The highest BCUT2D eigenvalue weighted by molar-refractivity contribution is 5.07. The molecule has 0 aliphatic rings. The van der Waals surface area contributed by atoms with E-state index in [-0.39, 0.29) is 0 Å². The number of hydrogen-bond donors (Lipinski definition) is 0. The van der Waals surface area contributed by atoms with Crippen molar-refractivity contribution in [2.45, 2.75) is 99.8 Å². The summed E-state index contributed by atoms with van der Waals surface area (Å²) < 4.78 is 0. The number of unbranched alkanes of at least 4 members (excludes halogenated alkanes) is 3.